The quantitative estimate of drug-likeness (QED) is 0.681. The standard InChI is InChI=1S/C10H21NO2/c1-12-9(13-2)8-10(11)6-4-3-5-7-10/h9H,3-8,11H2,1-2H3. The molecule has 1 saturated carbocycles. The molecule has 0 radical (unpaired) electrons. The van der Waals surface area contributed by atoms with Crippen molar-refractivity contribution in [2.45, 2.75) is 50.4 Å². The van der Waals surface area contributed by atoms with E-state index >= 15 is 0 Å². The van der Waals surface area contributed by atoms with Gasteiger partial charge < -0.3 is 15.2 Å². The molecule has 3 nitrogen and oxygen atoms in total. The molecule has 0 amide bonds. The summed E-state index contributed by atoms with van der Waals surface area (Å²) < 4.78 is 10.3. The van der Waals surface area contributed by atoms with Gasteiger partial charge in [0.1, 0.15) is 0 Å². The van der Waals surface area contributed by atoms with Gasteiger partial charge in [0.05, 0.1) is 0 Å². The van der Waals surface area contributed by atoms with Crippen LogP contribution in [0.4, 0.5) is 0 Å². The number of methoxy groups -OCH3 is 2. The SMILES string of the molecule is COC(CC1(N)CCCCC1)OC. The van der Waals surface area contributed by atoms with Gasteiger partial charge in [0.15, 0.2) is 6.29 Å². The van der Waals surface area contributed by atoms with Crippen molar-refractivity contribution in [3.63, 3.8) is 0 Å². The van der Waals surface area contributed by atoms with Gasteiger partial charge in [-0.3, -0.25) is 0 Å². The maximum atomic E-state index is 6.25. The molecule has 0 spiro atoms. The van der Waals surface area contributed by atoms with Gasteiger partial charge in [0, 0.05) is 26.2 Å². The van der Waals surface area contributed by atoms with Crippen molar-refractivity contribution in [2.75, 3.05) is 14.2 Å². The molecule has 13 heavy (non-hydrogen) atoms. The van der Waals surface area contributed by atoms with Crippen LogP contribution < -0.4 is 5.73 Å². The minimum atomic E-state index is -0.136. The first-order valence-corrected chi connectivity index (χ1v) is 5.05. The Morgan fingerprint density at radius 2 is 1.69 bits per heavy atom. The third-order valence-corrected chi connectivity index (χ3v) is 2.95. The minimum absolute atomic E-state index is 0.0467. The van der Waals surface area contributed by atoms with Gasteiger partial charge in [-0.15, -0.1) is 0 Å². The summed E-state index contributed by atoms with van der Waals surface area (Å²) in [5, 5.41) is 0. The molecule has 3 heteroatoms. The fraction of sp³-hybridized carbons (Fsp3) is 1.00. The molecule has 78 valence electrons. The highest BCUT2D eigenvalue weighted by Crippen LogP contribution is 2.30. The molecule has 1 fully saturated rings. The fourth-order valence-electron chi connectivity index (χ4n) is 2.05. The van der Waals surface area contributed by atoms with Crippen LogP contribution in [0.25, 0.3) is 0 Å². The number of rotatable bonds is 4. The molecule has 0 bridgehead atoms. The lowest BCUT2D eigenvalue weighted by molar-refractivity contribution is -0.118. The molecule has 0 aromatic heterocycles. The monoisotopic (exact) mass is 187 g/mol. The Balaban J connectivity index is 2.39. The van der Waals surface area contributed by atoms with Gasteiger partial charge in [-0.1, -0.05) is 19.3 Å². The maximum absolute atomic E-state index is 6.25. The van der Waals surface area contributed by atoms with E-state index in [4.69, 9.17) is 15.2 Å². The van der Waals surface area contributed by atoms with E-state index in [0.29, 0.717) is 0 Å². The van der Waals surface area contributed by atoms with E-state index in [1.807, 2.05) is 0 Å². The van der Waals surface area contributed by atoms with Gasteiger partial charge in [0.2, 0.25) is 0 Å². The predicted molar refractivity (Wildman–Crippen MR) is 52.4 cm³/mol. The molecule has 0 aromatic carbocycles. The second-order valence-corrected chi connectivity index (χ2v) is 4.03. The van der Waals surface area contributed by atoms with Crippen LogP contribution in [0.15, 0.2) is 0 Å². The fourth-order valence-corrected chi connectivity index (χ4v) is 2.05. The van der Waals surface area contributed by atoms with Crippen LogP contribution in [0.3, 0.4) is 0 Å². The molecule has 0 saturated heterocycles. The Hall–Kier alpha value is -0.120. The maximum Gasteiger partial charge on any atom is 0.158 e. The molecule has 0 aliphatic heterocycles. The van der Waals surface area contributed by atoms with Gasteiger partial charge in [0.25, 0.3) is 0 Å². The average Bonchev–Trinajstić information content (AvgIpc) is 2.15. The van der Waals surface area contributed by atoms with Crippen LogP contribution >= 0.6 is 0 Å². The molecular weight excluding hydrogens is 166 g/mol. The van der Waals surface area contributed by atoms with Crippen molar-refractivity contribution in [3.05, 3.63) is 0 Å². The van der Waals surface area contributed by atoms with Crippen molar-refractivity contribution < 1.29 is 9.47 Å². The molecular formula is C10H21NO2. The average molecular weight is 187 g/mol. The number of nitrogens with two attached hydrogens (primary N) is 1. The van der Waals surface area contributed by atoms with E-state index in [1.165, 1.54) is 19.3 Å². The first-order chi connectivity index (χ1) is 6.20. The van der Waals surface area contributed by atoms with Crippen molar-refractivity contribution in [1.82, 2.24) is 0 Å². The molecule has 1 aliphatic carbocycles. The Labute approximate surface area is 80.6 Å². The Kier molecular flexibility index (Phi) is 4.16. The van der Waals surface area contributed by atoms with E-state index in [2.05, 4.69) is 0 Å². The predicted octanol–water partition coefficient (Wildman–Crippen LogP) is 1.66. The highest BCUT2D eigenvalue weighted by molar-refractivity contribution is 4.87. The number of hydrogen-bond donors (Lipinski definition) is 1. The largest absolute Gasteiger partial charge is 0.356 e. The number of hydrogen-bond acceptors (Lipinski definition) is 3. The van der Waals surface area contributed by atoms with E-state index < -0.39 is 0 Å². The van der Waals surface area contributed by atoms with Crippen LogP contribution in [-0.4, -0.2) is 26.0 Å². The lowest BCUT2D eigenvalue weighted by atomic mass is 9.80. The Morgan fingerprint density at radius 1 is 1.15 bits per heavy atom. The van der Waals surface area contributed by atoms with Crippen LogP contribution in [0.1, 0.15) is 38.5 Å². The molecule has 0 atom stereocenters. The Bertz CT molecular complexity index is 140. The van der Waals surface area contributed by atoms with Crippen LogP contribution in [0, 0.1) is 0 Å². The van der Waals surface area contributed by atoms with Crippen molar-refractivity contribution in [2.24, 2.45) is 5.73 Å². The second kappa shape index (κ2) is 4.94. The molecule has 2 N–H and O–H groups in total. The summed E-state index contributed by atoms with van der Waals surface area (Å²) in [6.45, 7) is 0. The van der Waals surface area contributed by atoms with Crippen molar-refractivity contribution in [3.8, 4) is 0 Å². The van der Waals surface area contributed by atoms with Crippen molar-refractivity contribution >= 4 is 0 Å². The molecule has 0 aromatic rings. The molecule has 1 aliphatic rings. The summed E-state index contributed by atoms with van der Waals surface area (Å²) in [4.78, 5) is 0. The summed E-state index contributed by atoms with van der Waals surface area (Å²) in [5.41, 5.74) is 6.20. The topological polar surface area (TPSA) is 44.5 Å². The molecule has 0 unspecified atom stereocenters. The molecule has 0 heterocycles. The van der Waals surface area contributed by atoms with Gasteiger partial charge in [-0.05, 0) is 12.8 Å². The van der Waals surface area contributed by atoms with Crippen LogP contribution in [-0.2, 0) is 9.47 Å². The first-order valence-electron chi connectivity index (χ1n) is 5.05. The third kappa shape index (κ3) is 3.25. The van der Waals surface area contributed by atoms with Gasteiger partial charge in [-0.25, -0.2) is 0 Å². The first kappa shape index (κ1) is 11.0. The smallest absolute Gasteiger partial charge is 0.158 e. The summed E-state index contributed by atoms with van der Waals surface area (Å²) in [7, 11) is 3.33. The van der Waals surface area contributed by atoms with E-state index in [-0.39, 0.29) is 11.8 Å². The Morgan fingerprint density at radius 3 is 2.15 bits per heavy atom. The lowest BCUT2D eigenvalue weighted by Gasteiger charge is -2.35. The minimum Gasteiger partial charge on any atom is -0.356 e. The van der Waals surface area contributed by atoms with Crippen molar-refractivity contribution in [1.29, 1.82) is 0 Å². The summed E-state index contributed by atoms with van der Waals surface area (Å²) >= 11 is 0. The van der Waals surface area contributed by atoms with Crippen LogP contribution in [0.5, 0.6) is 0 Å². The third-order valence-electron chi connectivity index (χ3n) is 2.95. The highest BCUT2D eigenvalue weighted by atomic mass is 16.7. The molecule has 1 rings (SSSR count). The lowest BCUT2D eigenvalue weighted by Crippen LogP contribution is -2.45. The summed E-state index contributed by atoms with van der Waals surface area (Å²) in [5.74, 6) is 0. The van der Waals surface area contributed by atoms with E-state index in [1.54, 1.807) is 14.2 Å². The number of ether oxygens (including phenoxy) is 2. The van der Waals surface area contributed by atoms with E-state index in [0.717, 1.165) is 19.3 Å². The summed E-state index contributed by atoms with van der Waals surface area (Å²) in [6, 6.07) is 0. The second-order valence-electron chi connectivity index (χ2n) is 4.03. The normalized spacial score (nSPS) is 22.2. The van der Waals surface area contributed by atoms with Crippen LogP contribution in [0.2, 0.25) is 0 Å². The zero-order valence-corrected chi connectivity index (χ0v) is 8.71. The van der Waals surface area contributed by atoms with Gasteiger partial charge in [-0.2, -0.15) is 0 Å². The zero-order chi connectivity index (χ0) is 9.73. The summed E-state index contributed by atoms with van der Waals surface area (Å²) in [6.07, 6.45) is 6.71. The van der Waals surface area contributed by atoms with E-state index in [9.17, 15) is 0 Å². The zero-order valence-electron chi connectivity index (χ0n) is 8.71. The highest BCUT2D eigenvalue weighted by Gasteiger charge is 2.30. The van der Waals surface area contributed by atoms with Gasteiger partial charge >= 0.3 is 0 Å².